The smallest absolute Gasteiger partial charge is 0.463 e. The van der Waals surface area contributed by atoms with Gasteiger partial charge in [0.25, 0.3) is 5.52 Å². The maximum Gasteiger partial charge on any atom is 0.463 e. The average molecular weight is 437 g/mol. The summed E-state index contributed by atoms with van der Waals surface area (Å²) in [7, 11) is 3.25. The molecule has 0 bridgehead atoms. The summed E-state index contributed by atoms with van der Waals surface area (Å²) in [4.78, 5) is 2.49. The predicted molar refractivity (Wildman–Crippen MR) is 120 cm³/mol. The standard InChI is InChI=1S/C24H28N4O4/c1-24(2)10-8-15-12-19-20(13-18(15)24)28(30)25-23(27(19)29)26-11-9-16(14-26)17-6-5-7-21(31-3)22(17)32-4/h5-7,12-13,16H,8-11,14H2,1-4H3. The van der Waals surface area contributed by atoms with E-state index < -0.39 is 0 Å². The molecule has 2 aliphatic rings. The second-order valence-corrected chi connectivity index (χ2v) is 9.36. The summed E-state index contributed by atoms with van der Waals surface area (Å²) in [5.74, 6) is 1.67. The zero-order valence-electron chi connectivity index (χ0n) is 18.9. The van der Waals surface area contributed by atoms with Gasteiger partial charge in [0.1, 0.15) is 0 Å². The second-order valence-electron chi connectivity index (χ2n) is 9.36. The number of anilines is 1. The Bertz CT molecular complexity index is 1210. The average Bonchev–Trinajstić information content (AvgIpc) is 3.39. The van der Waals surface area contributed by atoms with Gasteiger partial charge in [-0.05, 0) is 47.9 Å². The first kappa shape index (κ1) is 20.6. The molecule has 168 valence electrons. The van der Waals surface area contributed by atoms with E-state index in [1.807, 2.05) is 35.2 Å². The van der Waals surface area contributed by atoms with Crippen LogP contribution in [0.2, 0.25) is 0 Å². The van der Waals surface area contributed by atoms with Crippen LogP contribution < -0.4 is 23.9 Å². The summed E-state index contributed by atoms with van der Waals surface area (Å²) in [6.45, 7) is 5.54. The van der Waals surface area contributed by atoms with Crippen LogP contribution in [0.1, 0.15) is 49.3 Å². The molecular weight excluding hydrogens is 408 g/mol. The molecule has 8 nitrogen and oxygen atoms in total. The van der Waals surface area contributed by atoms with Gasteiger partial charge in [-0.15, -0.1) is 0 Å². The molecule has 3 aromatic rings. The number of ether oxygens (including phenoxy) is 2. The minimum absolute atomic E-state index is 0.000872. The van der Waals surface area contributed by atoms with Crippen LogP contribution in [0.15, 0.2) is 30.3 Å². The van der Waals surface area contributed by atoms with E-state index in [1.165, 1.54) is 0 Å². The summed E-state index contributed by atoms with van der Waals surface area (Å²) in [6.07, 6.45) is 2.74. The van der Waals surface area contributed by atoms with Gasteiger partial charge in [0, 0.05) is 22.4 Å². The van der Waals surface area contributed by atoms with Gasteiger partial charge in [-0.1, -0.05) is 26.0 Å². The van der Waals surface area contributed by atoms with Gasteiger partial charge in [-0.2, -0.15) is 0 Å². The maximum atomic E-state index is 13.3. The fourth-order valence-corrected chi connectivity index (χ4v) is 5.26. The summed E-state index contributed by atoms with van der Waals surface area (Å²) in [5, 5.41) is 30.3. The van der Waals surface area contributed by atoms with Crippen LogP contribution in [0.4, 0.5) is 5.95 Å². The quantitative estimate of drug-likeness (QED) is 0.462. The van der Waals surface area contributed by atoms with E-state index in [4.69, 9.17) is 9.47 Å². The molecule has 0 radical (unpaired) electrons. The van der Waals surface area contributed by atoms with Crippen LogP contribution in [-0.4, -0.2) is 32.4 Å². The van der Waals surface area contributed by atoms with Crippen molar-refractivity contribution < 1.29 is 19.0 Å². The molecule has 0 saturated carbocycles. The lowest BCUT2D eigenvalue weighted by Crippen LogP contribution is -2.47. The van der Waals surface area contributed by atoms with Crippen LogP contribution in [0, 0.1) is 10.4 Å². The van der Waals surface area contributed by atoms with Gasteiger partial charge in [0.2, 0.25) is 5.10 Å². The topological polar surface area (TPSA) is 88.5 Å². The first-order valence-electron chi connectivity index (χ1n) is 11.0. The number of aromatic nitrogens is 3. The zero-order valence-corrected chi connectivity index (χ0v) is 18.9. The molecule has 32 heavy (non-hydrogen) atoms. The van der Waals surface area contributed by atoms with E-state index in [0.29, 0.717) is 40.5 Å². The van der Waals surface area contributed by atoms with Crippen molar-refractivity contribution in [1.29, 1.82) is 0 Å². The van der Waals surface area contributed by atoms with Crippen LogP contribution >= 0.6 is 0 Å². The fraction of sp³-hybridized carbons (Fsp3) is 0.458. The van der Waals surface area contributed by atoms with E-state index in [1.54, 1.807) is 14.2 Å². The molecule has 1 unspecified atom stereocenters. The Hall–Kier alpha value is -3.29. The molecule has 0 amide bonds. The van der Waals surface area contributed by atoms with Crippen LogP contribution in [0.25, 0.3) is 11.0 Å². The van der Waals surface area contributed by atoms with Gasteiger partial charge in [0.05, 0.1) is 27.3 Å². The van der Waals surface area contributed by atoms with E-state index in [0.717, 1.165) is 40.7 Å². The third-order valence-corrected chi connectivity index (χ3v) is 7.08. The number of fused-ring (bicyclic) bond motifs is 2. The zero-order chi connectivity index (χ0) is 22.6. The van der Waals surface area contributed by atoms with E-state index in [-0.39, 0.29) is 17.3 Å². The molecule has 5 rings (SSSR count). The van der Waals surface area contributed by atoms with Gasteiger partial charge < -0.3 is 19.9 Å². The van der Waals surface area contributed by atoms with Crippen molar-refractivity contribution in [3.05, 3.63) is 57.4 Å². The summed E-state index contributed by atoms with van der Waals surface area (Å²) >= 11 is 0. The lowest BCUT2D eigenvalue weighted by molar-refractivity contribution is -0.673. The largest absolute Gasteiger partial charge is 0.739 e. The Morgan fingerprint density at radius 1 is 1.12 bits per heavy atom. The molecule has 1 fully saturated rings. The Balaban J connectivity index is 1.52. The van der Waals surface area contributed by atoms with Crippen molar-refractivity contribution >= 4 is 17.0 Å². The van der Waals surface area contributed by atoms with Gasteiger partial charge in [-0.25, -0.2) is 4.73 Å². The number of nitrogens with zero attached hydrogens (tertiary/aromatic N) is 4. The Kier molecular flexibility index (Phi) is 4.76. The molecular formula is C24H28N4O4. The highest BCUT2D eigenvalue weighted by molar-refractivity contribution is 5.72. The van der Waals surface area contributed by atoms with Crippen molar-refractivity contribution in [2.75, 3.05) is 32.2 Å². The fourth-order valence-electron chi connectivity index (χ4n) is 5.26. The third-order valence-electron chi connectivity index (χ3n) is 7.08. The van der Waals surface area contributed by atoms with E-state index in [2.05, 4.69) is 18.9 Å². The minimum Gasteiger partial charge on any atom is -0.739 e. The Labute approximate surface area is 187 Å². The van der Waals surface area contributed by atoms with Crippen molar-refractivity contribution in [2.24, 2.45) is 0 Å². The van der Waals surface area contributed by atoms with E-state index in [9.17, 15) is 10.4 Å². The van der Waals surface area contributed by atoms with Gasteiger partial charge in [0.15, 0.2) is 17.0 Å². The molecule has 1 aromatic heterocycles. The highest BCUT2D eigenvalue weighted by Crippen LogP contribution is 2.41. The van der Waals surface area contributed by atoms with E-state index >= 15 is 0 Å². The monoisotopic (exact) mass is 436 g/mol. The number of hydrogen-bond acceptors (Lipinski definition) is 6. The number of para-hydroxylation sites is 1. The van der Waals surface area contributed by atoms with Gasteiger partial charge in [-0.3, -0.25) is 4.90 Å². The van der Waals surface area contributed by atoms with Crippen LogP contribution in [0.5, 0.6) is 11.5 Å². The molecule has 1 aliphatic carbocycles. The van der Waals surface area contributed by atoms with Crippen LogP contribution in [-0.2, 0) is 11.8 Å². The third kappa shape index (κ3) is 3.08. The van der Waals surface area contributed by atoms with Crippen molar-refractivity contribution in [3.8, 4) is 11.5 Å². The maximum absolute atomic E-state index is 13.3. The molecule has 8 heteroatoms. The molecule has 0 spiro atoms. The lowest BCUT2D eigenvalue weighted by atomic mass is 9.86. The number of benzene rings is 2. The summed E-state index contributed by atoms with van der Waals surface area (Å²) in [5.41, 5.74) is 4.01. The number of rotatable bonds is 4. The Morgan fingerprint density at radius 2 is 1.94 bits per heavy atom. The number of methoxy groups -OCH3 is 2. The second kappa shape index (κ2) is 7.39. The minimum atomic E-state index is 0.000872. The molecule has 2 aromatic carbocycles. The molecule has 1 saturated heterocycles. The van der Waals surface area contributed by atoms with Crippen molar-refractivity contribution in [2.45, 2.75) is 44.4 Å². The number of aryl methyl sites for hydroxylation is 1. The SMILES string of the molecule is COc1cccc(C2CCN(c3n[n+]([O-])c4cc5c(cc4[n+]3[O-])CCC5(C)C)C2)c1OC. The summed E-state index contributed by atoms with van der Waals surface area (Å²) < 4.78 is 11.9. The van der Waals surface area contributed by atoms with Crippen LogP contribution in [0.3, 0.4) is 0 Å². The predicted octanol–water partition coefficient (Wildman–Crippen LogP) is 2.74. The highest BCUT2D eigenvalue weighted by Gasteiger charge is 2.38. The highest BCUT2D eigenvalue weighted by atomic mass is 16.5. The molecule has 2 heterocycles. The first-order valence-corrected chi connectivity index (χ1v) is 11.0. The molecule has 0 N–H and O–H groups in total. The normalized spacial score (nSPS) is 19.4. The number of hydrogen-bond donors (Lipinski definition) is 0. The van der Waals surface area contributed by atoms with Crippen molar-refractivity contribution in [1.82, 2.24) is 5.10 Å². The lowest BCUT2D eigenvalue weighted by Gasteiger charge is -2.20. The summed E-state index contributed by atoms with van der Waals surface area (Å²) in [6, 6.07) is 9.56. The molecule has 1 atom stereocenters. The van der Waals surface area contributed by atoms with Gasteiger partial charge >= 0.3 is 5.95 Å². The Morgan fingerprint density at radius 3 is 2.69 bits per heavy atom. The molecule has 1 aliphatic heterocycles. The van der Waals surface area contributed by atoms with Crippen molar-refractivity contribution in [3.63, 3.8) is 0 Å². The first-order chi connectivity index (χ1) is 15.3.